The van der Waals surface area contributed by atoms with Crippen LogP contribution in [-0.2, 0) is 14.2 Å². The lowest BCUT2D eigenvalue weighted by Crippen LogP contribution is -2.41. The van der Waals surface area contributed by atoms with Crippen LogP contribution in [0.4, 0.5) is 10.9 Å². The van der Waals surface area contributed by atoms with Gasteiger partial charge in [0.1, 0.15) is 0 Å². The van der Waals surface area contributed by atoms with Crippen LogP contribution in [0.3, 0.4) is 0 Å². The third-order valence-corrected chi connectivity index (χ3v) is 5.56. The number of nitrogens with zero attached hydrogens (tertiary/aromatic N) is 4. The highest BCUT2D eigenvalue weighted by Crippen LogP contribution is 2.31. The van der Waals surface area contributed by atoms with Crippen LogP contribution in [0.5, 0.6) is 0 Å². The number of hydrogen-bond donors (Lipinski definition) is 0. The number of hydrogen-bond acceptors (Lipinski definition) is 9. The SMILES string of the molecule is COC(=O)c1csc(N(CCC2CCOC(C)(C)O2)c2cc(C)c(Cl)nn2)n1. The molecule has 3 rings (SSSR count). The monoisotopic (exact) mass is 426 g/mol. The number of methoxy groups -OCH3 is 1. The van der Waals surface area contributed by atoms with Gasteiger partial charge in [0.25, 0.3) is 0 Å². The minimum atomic E-state index is -0.594. The Balaban J connectivity index is 1.83. The van der Waals surface area contributed by atoms with E-state index in [4.69, 9.17) is 25.8 Å². The summed E-state index contributed by atoms with van der Waals surface area (Å²) in [6.07, 6.45) is 1.60. The molecule has 1 atom stereocenters. The highest BCUT2D eigenvalue weighted by Gasteiger charge is 2.30. The quantitative estimate of drug-likeness (QED) is 0.645. The van der Waals surface area contributed by atoms with Gasteiger partial charge in [-0.1, -0.05) is 11.6 Å². The molecule has 0 aliphatic carbocycles. The summed E-state index contributed by atoms with van der Waals surface area (Å²) in [5.74, 6) is -0.460. The molecule has 1 unspecified atom stereocenters. The van der Waals surface area contributed by atoms with Crippen molar-refractivity contribution in [1.82, 2.24) is 15.2 Å². The predicted octanol–water partition coefficient (Wildman–Crippen LogP) is 3.75. The Morgan fingerprint density at radius 3 is 2.93 bits per heavy atom. The van der Waals surface area contributed by atoms with Crippen LogP contribution in [0.1, 0.15) is 42.7 Å². The van der Waals surface area contributed by atoms with E-state index in [9.17, 15) is 4.79 Å². The first-order valence-corrected chi connectivity index (χ1v) is 10.2. The number of aromatic nitrogens is 3. The lowest BCUT2D eigenvalue weighted by atomic mass is 10.1. The zero-order valence-corrected chi connectivity index (χ0v) is 17.8. The van der Waals surface area contributed by atoms with Crippen molar-refractivity contribution in [3.05, 3.63) is 27.9 Å². The van der Waals surface area contributed by atoms with E-state index in [-0.39, 0.29) is 11.8 Å². The molecule has 28 heavy (non-hydrogen) atoms. The van der Waals surface area contributed by atoms with E-state index >= 15 is 0 Å². The maximum atomic E-state index is 11.8. The fourth-order valence-electron chi connectivity index (χ4n) is 2.89. The van der Waals surface area contributed by atoms with Crippen molar-refractivity contribution in [2.24, 2.45) is 0 Å². The van der Waals surface area contributed by atoms with Crippen molar-refractivity contribution in [1.29, 1.82) is 0 Å². The Morgan fingerprint density at radius 1 is 1.46 bits per heavy atom. The summed E-state index contributed by atoms with van der Waals surface area (Å²) in [4.78, 5) is 18.1. The van der Waals surface area contributed by atoms with Gasteiger partial charge in [-0.15, -0.1) is 21.5 Å². The van der Waals surface area contributed by atoms with Gasteiger partial charge in [0.15, 0.2) is 27.6 Å². The first kappa shape index (κ1) is 20.9. The number of carbonyl (C=O) groups excluding carboxylic acids is 1. The van der Waals surface area contributed by atoms with Crippen molar-refractivity contribution >= 4 is 39.9 Å². The van der Waals surface area contributed by atoms with Gasteiger partial charge < -0.3 is 19.1 Å². The average Bonchev–Trinajstić information content (AvgIpc) is 3.13. The zero-order chi connectivity index (χ0) is 20.3. The van der Waals surface area contributed by atoms with Crippen LogP contribution in [0.2, 0.25) is 5.15 Å². The zero-order valence-electron chi connectivity index (χ0n) is 16.3. The minimum Gasteiger partial charge on any atom is -0.464 e. The molecular formula is C18H23ClN4O4S. The van der Waals surface area contributed by atoms with E-state index in [1.165, 1.54) is 18.4 Å². The number of anilines is 2. The first-order chi connectivity index (χ1) is 13.3. The van der Waals surface area contributed by atoms with Crippen LogP contribution < -0.4 is 4.90 Å². The van der Waals surface area contributed by atoms with E-state index in [2.05, 4.69) is 15.2 Å². The maximum Gasteiger partial charge on any atom is 0.357 e. The molecule has 1 fully saturated rings. The van der Waals surface area contributed by atoms with Crippen LogP contribution in [0.15, 0.2) is 11.4 Å². The van der Waals surface area contributed by atoms with E-state index in [1.807, 2.05) is 31.7 Å². The third-order valence-electron chi connectivity index (χ3n) is 4.32. The van der Waals surface area contributed by atoms with Gasteiger partial charge in [-0.05, 0) is 45.2 Å². The van der Waals surface area contributed by atoms with Crippen molar-refractivity contribution in [3.63, 3.8) is 0 Å². The lowest BCUT2D eigenvalue weighted by molar-refractivity contribution is -0.273. The van der Waals surface area contributed by atoms with Gasteiger partial charge in [-0.2, -0.15) is 0 Å². The standard InChI is InChI=1S/C18H23ClN4O4S/c1-11-9-14(21-22-15(11)19)23(17-20-13(10-28-17)16(24)25-4)7-5-12-6-8-26-18(2,3)27-12/h9-10,12H,5-8H2,1-4H3. The van der Waals surface area contributed by atoms with Gasteiger partial charge >= 0.3 is 5.97 Å². The Morgan fingerprint density at radius 2 is 2.25 bits per heavy atom. The molecule has 152 valence electrons. The van der Waals surface area contributed by atoms with Crippen LogP contribution in [0, 0.1) is 6.92 Å². The molecule has 1 aliphatic heterocycles. The highest BCUT2D eigenvalue weighted by atomic mass is 35.5. The van der Waals surface area contributed by atoms with Crippen LogP contribution >= 0.6 is 22.9 Å². The number of thiazole rings is 1. The second-order valence-electron chi connectivity index (χ2n) is 6.90. The minimum absolute atomic E-state index is 0.0487. The number of esters is 1. The van der Waals surface area contributed by atoms with Crippen LogP contribution in [-0.4, -0.2) is 53.3 Å². The number of ether oxygens (including phenoxy) is 3. The Bertz CT molecular complexity index is 845. The molecule has 0 radical (unpaired) electrons. The fourth-order valence-corrected chi connectivity index (χ4v) is 3.81. The summed E-state index contributed by atoms with van der Waals surface area (Å²) in [6, 6.07) is 1.85. The summed E-state index contributed by atoms with van der Waals surface area (Å²) in [7, 11) is 1.33. The second kappa shape index (κ2) is 8.69. The summed E-state index contributed by atoms with van der Waals surface area (Å²) in [6.45, 7) is 6.93. The molecule has 0 N–H and O–H groups in total. The number of halogens is 1. The van der Waals surface area contributed by atoms with E-state index in [0.29, 0.717) is 29.3 Å². The topological polar surface area (TPSA) is 86.7 Å². The van der Waals surface area contributed by atoms with Gasteiger partial charge in [0, 0.05) is 11.9 Å². The number of carbonyl (C=O) groups is 1. The van der Waals surface area contributed by atoms with Gasteiger partial charge in [0.05, 0.1) is 19.8 Å². The average molecular weight is 427 g/mol. The maximum absolute atomic E-state index is 11.8. The normalized spacial score (nSPS) is 18.7. The predicted molar refractivity (Wildman–Crippen MR) is 106 cm³/mol. The van der Waals surface area contributed by atoms with E-state index < -0.39 is 11.8 Å². The first-order valence-electron chi connectivity index (χ1n) is 8.92. The molecule has 10 heteroatoms. The van der Waals surface area contributed by atoms with Crippen molar-refractivity contribution in [2.45, 2.75) is 45.5 Å². The molecule has 2 aromatic rings. The lowest BCUT2D eigenvalue weighted by Gasteiger charge is -2.36. The van der Waals surface area contributed by atoms with E-state index in [1.54, 1.807) is 5.38 Å². The molecular weight excluding hydrogens is 404 g/mol. The molecule has 2 aromatic heterocycles. The van der Waals surface area contributed by atoms with Gasteiger partial charge in [-0.3, -0.25) is 0 Å². The molecule has 8 nitrogen and oxygen atoms in total. The summed E-state index contributed by atoms with van der Waals surface area (Å²) >= 11 is 7.37. The number of rotatable bonds is 6. The Labute approximate surface area is 172 Å². The Hall–Kier alpha value is -1.81. The molecule has 0 bridgehead atoms. The van der Waals surface area contributed by atoms with Crippen molar-refractivity contribution < 1.29 is 19.0 Å². The largest absolute Gasteiger partial charge is 0.464 e. The molecule has 1 aliphatic rings. The molecule has 0 amide bonds. The molecule has 0 saturated carbocycles. The van der Waals surface area contributed by atoms with Crippen LogP contribution in [0.25, 0.3) is 0 Å². The summed E-state index contributed by atoms with van der Waals surface area (Å²) in [5, 5.41) is 10.9. The fraction of sp³-hybridized carbons (Fsp3) is 0.556. The van der Waals surface area contributed by atoms with E-state index in [0.717, 1.165) is 18.4 Å². The summed E-state index contributed by atoms with van der Waals surface area (Å²) in [5.41, 5.74) is 1.07. The molecule has 0 spiro atoms. The Kier molecular flexibility index (Phi) is 6.49. The third kappa shape index (κ3) is 4.96. The van der Waals surface area contributed by atoms with Gasteiger partial charge in [-0.25, -0.2) is 9.78 Å². The molecule has 3 heterocycles. The highest BCUT2D eigenvalue weighted by molar-refractivity contribution is 7.14. The molecule has 1 saturated heterocycles. The van der Waals surface area contributed by atoms with Crippen molar-refractivity contribution in [2.75, 3.05) is 25.2 Å². The van der Waals surface area contributed by atoms with Gasteiger partial charge in [0.2, 0.25) is 0 Å². The number of aryl methyl sites for hydroxylation is 1. The molecule has 0 aromatic carbocycles. The smallest absolute Gasteiger partial charge is 0.357 e. The summed E-state index contributed by atoms with van der Waals surface area (Å²) < 4.78 is 16.4. The van der Waals surface area contributed by atoms with Crippen molar-refractivity contribution in [3.8, 4) is 0 Å². The second-order valence-corrected chi connectivity index (χ2v) is 8.09.